The Morgan fingerprint density at radius 1 is 0.635 bits per heavy atom. The molecule has 2 heterocycles. The first-order valence-corrected chi connectivity index (χ1v) is 23.3. The highest BCUT2D eigenvalue weighted by atomic mass is 19.2. The molecule has 11 rings (SSSR count). The van der Waals surface area contributed by atoms with Gasteiger partial charge in [0.1, 0.15) is 11.5 Å². The van der Waals surface area contributed by atoms with E-state index >= 15 is 8.63 Å². The van der Waals surface area contributed by atoms with Gasteiger partial charge < -0.3 is 28.2 Å². The van der Waals surface area contributed by atoms with Crippen molar-refractivity contribution in [2.75, 3.05) is 34.0 Å². The Labute approximate surface area is 371 Å². The van der Waals surface area contributed by atoms with Crippen LogP contribution in [0.2, 0.25) is 0 Å². The molecule has 3 aromatic carbocycles. The maximum absolute atomic E-state index is 16.8. The fourth-order valence-corrected chi connectivity index (χ4v) is 10.5. The Hall–Kier alpha value is -5.51. The molecule has 63 heavy (non-hydrogen) atoms. The lowest BCUT2D eigenvalue weighted by atomic mass is 9.68. The van der Waals surface area contributed by atoms with Crippen molar-refractivity contribution < 1.29 is 32.3 Å². The number of methoxy groups -OCH3 is 2. The van der Waals surface area contributed by atoms with Crippen molar-refractivity contribution in [3.63, 3.8) is 0 Å². The topological polar surface area (TPSA) is 63.4 Å². The van der Waals surface area contributed by atoms with Gasteiger partial charge in [-0.1, -0.05) is 88.6 Å². The minimum Gasteiger partial charge on any atom is -0.496 e. The van der Waals surface area contributed by atoms with Gasteiger partial charge >= 0.3 is 7.40 Å². The van der Waals surface area contributed by atoms with Crippen LogP contribution in [0.5, 0.6) is 28.7 Å². The largest absolute Gasteiger partial charge is 0.678 e. The van der Waals surface area contributed by atoms with Gasteiger partial charge in [0.2, 0.25) is 5.75 Å². The Kier molecular flexibility index (Phi) is 12.7. The molecule has 10 heteroatoms. The van der Waals surface area contributed by atoms with Crippen molar-refractivity contribution in [2.45, 2.75) is 96.8 Å². The van der Waals surface area contributed by atoms with Crippen LogP contribution in [0.1, 0.15) is 125 Å². The van der Waals surface area contributed by atoms with Crippen LogP contribution in [0.15, 0.2) is 107 Å². The number of unbranched alkanes of at least 4 members (excludes halogenated alkanes) is 3. The normalized spacial score (nSPS) is 21.0. The number of para-hydroxylation sites is 2. The van der Waals surface area contributed by atoms with Gasteiger partial charge in [0, 0.05) is 51.8 Å². The van der Waals surface area contributed by atoms with Gasteiger partial charge in [0.05, 0.1) is 45.4 Å². The first kappa shape index (κ1) is 42.8. The van der Waals surface area contributed by atoms with Crippen molar-refractivity contribution in [1.82, 2.24) is 4.48 Å². The van der Waals surface area contributed by atoms with E-state index in [0.717, 1.165) is 104 Å². The summed E-state index contributed by atoms with van der Waals surface area (Å²) in [6.07, 6.45) is 18.2. The molecular formula is C53H59BF2N2O5. The molecule has 0 spiro atoms. The second-order valence-corrected chi connectivity index (χ2v) is 17.3. The molecule has 4 aromatic rings. The summed E-state index contributed by atoms with van der Waals surface area (Å²) in [5, 5.41) is 0. The number of fused-ring (bicyclic) bond motifs is 2. The highest BCUT2D eigenvalue weighted by molar-refractivity contribution is 6.42. The van der Waals surface area contributed by atoms with E-state index in [1.54, 1.807) is 14.2 Å². The molecule has 0 N–H and O–H groups in total. The van der Waals surface area contributed by atoms with Crippen LogP contribution in [0, 0.1) is 11.8 Å². The smallest absolute Gasteiger partial charge is 0.496 e. The zero-order chi connectivity index (χ0) is 43.6. The first-order chi connectivity index (χ1) is 30.9. The van der Waals surface area contributed by atoms with Crippen LogP contribution in [-0.2, 0) is 0 Å². The molecule has 7 nitrogen and oxygen atoms in total. The Bertz CT molecular complexity index is 2480. The number of allylic oxidation sites excluding steroid dienone is 6. The van der Waals surface area contributed by atoms with Crippen LogP contribution in [0.25, 0.3) is 16.8 Å². The molecule has 1 aliphatic heterocycles. The molecule has 4 atom stereocenters. The summed E-state index contributed by atoms with van der Waals surface area (Å²) in [4.78, 5) is 5.71. The zero-order valence-corrected chi connectivity index (χ0v) is 37.4. The van der Waals surface area contributed by atoms with Crippen molar-refractivity contribution in [3.8, 4) is 40.0 Å². The second kappa shape index (κ2) is 18.7. The highest BCUT2D eigenvalue weighted by Gasteiger charge is 2.46. The average Bonchev–Trinajstić information content (AvgIpc) is 3.91. The number of aromatic nitrogens is 1. The third-order valence-electron chi connectivity index (χ3n) is 13.5. The van der Waals surface area contributed by atoms with Crippen LogP contribution >= 0.6 is 0 Å². The first-order valence-electron chi connectivity index (χ1n) is 23.3. The second-order valence-electron chi connectivity index (χ2n) is 17.3. The number of halogens is 2. The quantitative estimate of drug-likeness (QED) is 0.0534. The summed E-state index contributed by atoms with van der Waals surface area (Å²) in [7, 11) is 0.401. The van der Waals surface area contributed by atoms with Crippen molar-refractivity contribution in [1.29, 1.82) is 0 Å². The number of nitrogens with zero attached hydrogens (tertiary/aromatic N) is 2. The molecule has 4 unspecified atom stereocenters. The van der Waals surface area contributed by atoms with Gasteiger partial charge in [0.15, 0.2) is 11.5 Å². The standard InChI is InChI=1S/C53H59BF2N2O5/c1-6-9-28-61-42-31-37(32-43(62-29-10-7-2)53(42)63-30-11-8-3)48(50-45-34-22-20-33(21-23-34)44(45)49(57-50)38-16-12-14-18-40(38)59-4)52-47-36-26-24-35(25-27-36)46(47)51(58(52)54(55)56)39-17-13-15-19-41(39)60-5/h12-20,22,24,26,31-36H,6-11,21,23,25,27-30H2,1-5H3/b50-48-. The fraction of sp³-hybridized carbons (Fsp3) is 0.415. The van der Waals surface area contributed by atoms with E-state index in [4.69, 9.17) is 28.7 Å². The molecule has 7 aliphatic rings. The van der Waals surface area contributed by atoms with Crippen LogP contribution < -0.4 is 23.7 Å². The molecule has 0 fully saturated rings. The Morgan fingerprint density at radius 3 is 1.70 bits per heavy atom. The lowest BCUT2D eigenvalue weighted by molar-refractivity contribution is 0.237. The van der Waals surface area contributed by atoms with Gasteiger partial charge in [-0.2, -0.15) is 0 Å². The summed E-state index contributed by atoms with van der Waals surface area (Å²) < 4.78 is 66.8. The average molecular weight is 853 g/mol. The summed E-state index contributed by atoms with van der Waals surface area (Å²) in [6.45, 7) is 7.85. The zero-order valence-electron chi connectivity index (χ0n) is 37.4. The van der Waals surface area contributed by atoms with E-state index in [9.17, 15) is 0 Å². The maximum atomic E-state index is 16.8. The number of benzene rings is 3. The molecule has 4 bridgehead atoms. The molecular weight excluding hydrogens is 793 g/mol. The van der Waals surface area contributed by atoms with Crippen LogP contribution in [0.3, 0.4) is 0 Å². The van der Waals surface area contributed by atoms with Gasteiger partial charge in [-0.3, -0.25) is 8.63 Å². The number of hydrogen-bond donors (Lipinski definition) is 0. The number of ether oxygens (including phenoxy) is 5. The van der Waals surface area contributed by atoms with E-state index < -0.39 is 7.40 Å². The van der Waals surface area contributed by atoms with E-state index in [1.807, 2.05) is 54.6 Å². The molecule has 0 saturated heterocycles. The van der Waals surface area contributed by atoms with Gasteiger partial charge in [-0.15, -0.1) is 0 Å². The van der Waals surface area contributed by atoms with Gasteiger partial charge in [0.25, 0.3) is 0 Å². The number of hydrogen-bond acceptors (Lipinski definition) is 6. The summed E-state index contributed by atoms with van der Waals surface area (Å²) in [6, 6.07) is 19.6. The van der Waals surface area contributed by atoms with Crippen LogP contribution in [-0.4, -0.2) is 51.6 Å². The van der Waals surface area contributed by atoms with E-state index in [0.29, 0.717) is 76.6 Å². The van der Waals surface area contributed by atoms with Gasteiger partial charge in [-0.05, 0) is 109 Å². The van der Waals surface area contributed by atoms with E-state index in [1.165, 1.54) is 4.48 Å². The molecule has 0 saturated carbocycles. The molecule has 328 valence electrons. The molecule has 0 amide bonds. The SMILES string of the molecule is CCCCOc1cc(/C(=C2/N=C(c3ccccc3OC)C3=C2C2C=CC3CC2)c2c3c(c(-c4ccccc4OC)n2B(F)F)C2C=CC3CC2)cc(OCCCC)c1OCCCC. The number of aliphatic imine (C=N–C) groups is 1. The summed E-state index contributed by atoms with van der Waals surface area (Å²) in [5.41, 5.74) is 9.52. The number of rotatable bonds is 19. The fourth-order valence-electron chi connectivity index (χ4n) is 10.5. The predicted molar refractivity (Wildman–Crippen MR) is 249 cm³/mol. The van der Waals surface area contributed by atoms with Gasteiger partial charge in [-0.25, -0.2) is 4.99 Å². The lowest BCUT2D eigenvalue weighted by Crippen LogP contribution is -2.25. The summed E-state index contributed by atoms with van der Waals surface area (Å²) in [5.74, 6) is 2.98. The van der Waals surface area contributed by atoms with E-state index in [2.05, 4.69) is 51.1 Å². The minimum atomic E-state index is -2.90. The molecule has 6 aliphatic carbocycles. The molecule has 0 radical (unpaired) electrons. The Morgan fingerprint density at radius 2 is 1.14 bits per heavy atom. The van der Waals surface area contributed by atoms with Crippen molar-refractivity contribution in [3.05, 3.63) is 130 Å². The monoisotopic (exact) mass is 852 g/mol. The minimum absolute atomic E-state index is 0.0373. The third-order valence-corrected chi connectivity index (χ3v) is 13.5. The highest BCUT2D eigenvalue weighted by Crippen LogP contribution is 2.58. The lowest BCUT2D eigenvalue weighted by Gasteiger charge is -2.35. The Balaban J connectivity index is 1.43. The van der Waals surface area contributed by atoms with Crippen molar-refractivity contribution >= 4 is 18.7 Å². The maximum Gasteiger partial charge on any atom is 0.678 e. The predicted octanol–water partition coefficient (Wildman–Crippen LogP) is 13.2. The molecule has 1 aromatic heterocycles. The van der Waals surface area contributed by atoms with E-state index in [-0.39, 0.29) is 23.7 Å². The third kappa shape index (κ3) is 7.71. The van der Waals surface area contributed by atoms with Crippen molar-refractivity contribution in [2.24, 2.45) is 16.8 Å². The van der Waals surface area contributed by atoms with Crippen LogP contribution in [0.4, 0.5) is 8.63 Å². The summed E-state index contributed by atoms with van der Waals surface area (Å²) >= 11 is 0.